The van der Waals surface area contributed by atoms with Gasteiger partial charge in [0.1, 0.15) is 38.8 Å². The molecule has 3 N–H and O–H groups in total. The van der Waals surface area contributed by atoms with Crippen LogP contribution in [0.3, 0.4) is 0 Å². The zero-order valence-corrected chi connectivity index (χ0v) is 7.72. The summed E-state index contributed by atoms with van der Waals surface area (Å²) in [4.78, 5) is 1.75. The van der Waals surface area contributed by atoms with Crippen molar-refractivity contribution in [2.75, 3.05) is 39.3 Å². The van der Waals surface area contributed by atoms with Crippen LogP contribution in [0, 0.1) is 0 Å². The lowest BCUT2D eigenvalue weighted by molar-refractivity contribution is -0.948. The van der Waals surface area contributed by atoms with Gasteiger partial charge in [-0.25, -0.2) is 0 Å². The molecule has 0 aromatic rings. The van der Waals surface area contributed by atoms with E-state index in [1.165, 1.54) is 45.6 Å². The van der Waals surface area contributed by atoms with E-state index in [-0.39, 0.29) is 0 Å². The molecule has 0 amide bonds. The van der Waals surface area contributed by atoms with Gasteiger partial charge in [0.05, 0.1) is 0 Å². The van der Waals surface area contributed by atoms with Crippen molar-refractivity contribution >= 4 is 0 Å². The largest absolute Gasteiger partial charge is 0.372 e. The van der Waals surface area contributed by atoms with Gasteiger partial charge < -0.3 is 15.0 Å². The Bertz CT molecular complexity index is 128. The quantitative estimate of drug-likeness (QED) is 0.479. The topological polar surface area (TPSA) is 30.3 Å². The number of quaternary nitrogens is 2. The van der Waals surface area contributed by atoms with E-state index >= 15 is 0 Å². The third-order valence-electron chi connectivity index (χ3n) is 2.94. The second-order valence-corrected chi connectivity index (χ2v) is 3.96. The summed E-state index contributed by atoms with van der Waals surface area (Å²) in [6.07, 6.45) is 3.16. The summed E-state index contributed by atoms with van der Waals surface area (Å²) in [6, 6.07) is 0. The standard InChI is InChI=1S/C9H18N2O/c1-2-9(12-7-1)8-11-5-3-10-4-6-11/h9-10H,1-8H2/p+2/t9-/m0/s1. The van der Waals surface area contributed by atoms with Gasteiger partial charge in [-0.05, 0) is 12.8 Å². The van der Waals surface area contributed by atoms with Crippen molar-refractivity contribution in [3.05, 3.63) is 0 Å². The number of rotatable bonds is 2. The molecule has 0 aliphatic carbocycles. The van der Waals surface area contributed by atoms with Crippen LogP contribution in [0.5, 0.6) is 0 Å². The maximum atomic E-state index is 5.62. The van der Waals surface area contributed by atoms with Crippen molar-refractivity contribution in [2.24, 2.45) is 0 Å². The summed E-state index contributed by atoms with van der Waals surface area (Å²) >= 11 is 0. The first-order valence-electron chi connectivity index (χ1n) is 5.22. The Morgan fingerprint density at radius 1 is 1.33 bits per heavy atom. The molecule has 0 bridgehead atoms. The van der Waals surface area contributed by atoms with Crippen molar-refractivity contribution in [3.63, 3.8) is 0 Å². The molecule has 0 spiro atoms. The van der Waals surface area contributed by atoms with Gasteiger partial charge in [0.25, 0.3) is 0 Å². The van der Waals surface area contributed by atoms with Gasteiger partial charge in [-0.3, -0.25) is 0 Å². The molecule has 0 radical (unpaired) electrons. The SMILES string of the molecule is C1CO[C@H](C[NH+]2CC[NH2+]CC2)C1. The molecule has 0 unspecified atom stereocenters. The second-order valence-electron chi connectivity index (χ2n) is 3.96. The highest BCUT2D eigenvalue weighted by Crippen LogP contribution is 2.09. The number of nitrogens with one attached hydrogen (secondary N) is 1. The maximum Gasteiger partial charge on any atom is 0.127 e. The van der Waals surface area contributed by atoms with Crippen LogP contribution in [0.25, 0.3) is 0 Å². The predicted octanol–water partition coefficient (Wildman–Crippen LogP) is -2.37. The fraction of sp³-hybridized carbons (Fsp3) is 1.00. The van der Waals surface area contributed by atoms with Crippen molar-refractivity contribution in [3.8, 4) is 0 Å². The van der Waals surface area contributed by atoms with Crippen LogP contribution in [0.15, 0.2) is 0 Å². The minimum Gasteiger partial charge on any atom is -0.372 e. The highest BCUT2D eigenvalue weighted by atomic mass is 16.5. The van der Waals surface area contributed by atoms with E-state index in [1.807, 2.05) is 0 Å². The number of piperazine rings is 1. The van der Waals surface area contributed by atoms with Crippen LogP contribution in [-0.2, 0) is 4.74 Å². The van der Waals surface area contributed by atoms with Crippen molar-refractivity contribution < 1.29 is 15.0 Å². The molecule has 3 nitrogen and oxygen atoms in total. The van der Waals surface area contributed by atoms with Crippen LogP contribution in [0.1, 0.15) is 12.8 Å². The molecular formula is C9H20N2O+2. The summed E-state index contributed by atoms with van der Waals surface area (Å²) < 4.78 is 5.62. The van der Waals surface area contributed by atoms with E-state index in [4.69, 9.17) is 4.74 Å². The average Bonchev–Trinajstić information content (AvgIpc) is 2.59. The van der Waals surface area contributed by atoms with Gasteiger partial charge in [-0.15, -0.1) is 0 Å². The lowest BCUT2D eigenvalue weighted by Crippen LogP contribution is -3.21. The number of hydrogen-bond acceptors (Lipinski definition) is 1. The van der Waals surface area contributed by atoms with E-state index in [1.54, 1.807) is 4.90 Å². The molecule has 0 saturated carbocycles. The zero-order chi connectivity index (χ0) is 8.23. The van der Waals surface area contributed by atoms with Crippen LogP contribution in [0.4, 0.5) is 0 Å². The fourth-order valence-corrected chi connectivity index (χ4v) is 2.21. The Labute approximate surface area is 74.1 Å². The van der Waals surface area contributed by atoms with Gasteiger partial charge >= 0.3 is 0 Å². The predicted molar refractivity (Wildman–Crippen MR) is 46.2 cm³/mol. The number of ether oxygens (including phenoxy) is 1. The Kier molecular flexibility index (Phi) is 2.98. The van der Waals surface area contributed by atoms with Gasteiger partial charge in [0, 0.05) is 6.61 Å². The molecule has 2 saturated heterocycles. The Morgan fingerprint density at radius 2 is 2.17 bits per heavy atom. The first-order valence-corrected chi connectivity index (χ1v) is 5.22. The Hall–Kier alpha value is -0.120. The molecule has 0 aromatic carbocycles. The summed E-state index contributed by atoms with van der Waals surface area (Å²) in [6.45, 7) is 7.54. The monoisotopic (exact) mass is 172 g/mol. The smallest absolute Gasteiger partial charge is 0.127 e. The van der Waals surface area contributed by atoms with Crippen molar-refractivity contribution in [2.45, 2.75) is 18.9 Å². The Morgan fingerprint density at radius 3 is 2.83 bits per heavy atom. The van der Waals surface area contributed by atoms with Crippen LogP contribution in [0.2, 0.25) is 0 Å². The molecule has 2 fully saturated rings. The molecule has 70 valence electrons. The first-order chi connectivity index (χ1) is 5.95. The molecule has 2 heterocycles. The Balaban J connectivity index is 1.69. The molecule has 2 rings (SSSR count). The number of hydrogen-bond donors (Lipinski definition) is 2. The lowest BCUT2D eigenvalue weighted by Gasteiger charge is -2.24. The van der Waals surface area contributed by atoms with E-state index in [9.17, 15) is 0 Å². The van der Waals surface area contributed by atoms with Gasteiger partial charge in [0.2, 0.25) is 0 Å². The van der Waals surface area contributed by atoms with Crippen molar-refractivity contribution in [1.29, 1.82) is 0 Å². The molecule has 2 aliphatic heterocycles. The van der Waals surface area contributed by atoms with Gasteiger partial charge in [0.15, 0.2) is 0 Å². The summed E-state index contributed by atoms with van der Waals surface area (Å²) in [5.41, 5.74) is 0. The van der Waals surface area contributed by atoms with Gasteiger partial charge in [-0.1, -0.05) is 0 Å². The summed E-state index contributed by atoms with van der Waals surface area (Å²) in [7, 11) is 0. The summed E-state index contributed by atoms with van der Waals surface area (Å²) in [5.74, 6) is 0. The second kappa shape index (κ2) is 4.21. The van der Waals surface area contributed by atoms with E-state index in [0.29, 0.717) is 6.10 Å². The molecule has 3 heteroatoms. The summed E-state index contributed by atoms with van der Waals surface area (Å²) in [5, 5.41) is 2.42. The fourth-order valence-electron chi connectivity index (χ4n) is 2.21. The minimum atomic E-state index is 0.582. The third-order valence-corrected chi connectivity index (χ3v) is 2.94. The zero-order valence-electron chi connectivity index (χ0n) is 7.72. The molecule has 0 aromatic heterocycles. The van der Waals surface area contributed by atoms with Crippen molar-refractivity contribution in [1.82, 2.24) is 0 Å². The van der Waals surface area contributed by atoms with Gasteiger partial charge in [-0.2, -0.15) is 0 Å². The highest BCUT2D eigenvalue weighted by Gasteiger charge is 2.23. The first kappa shape index (κ1) is 8.48. The van der Waals surface area contributed by atoms with Crippen LogP contribution < -0.4 is 10.2 Å². The molecule has 1 atom stereocenters. The molecule has 12 heavy (non-hydrogen) atoms. The number of nitrogens with two attached hydrogens (primary N) is 1. The van der Waals surface area contributed by atoms with E-state index in [2.05, 4.69) is 5.32 Å². The molecule has 2 aliphatic rings. The highest BCUT2D eigenvalue weighted by molar-refractivity contribution is 4.62. The average molecular weight is 172 g/mol. The minimum absolute atomic E-state index is 0.582. The maximum absolute atomic E-state index is 5.62. The van der Waals surface area contributed by atoms with Crippen LogP contribution >= 0.6 is 0 Å². The lowest BCUT2D eigenvalue weighted by atomic mass is 10.2. The molecular weight excluding hydrogens is 152 g/mol. The van der Waals surface area contributed by atoms with E-state index < -0.39 is 0 Å². The third kappa shape index (κ3) is 2.19. The van der Waals surface area contributed by atoms with Crippen LogP contribution in [-0.4, -0.2) is 45.4 Å². The normalized spacial score (nSPS) is 32.5. The van der Waals surface area contributed by atoms with E-state index in [0.717, 1.165) is 6.61 Å².